The first kappa shape index (κ1) is 11.2. The van der Waals surface area contributed by atoms with Crippen LogP contribution >= 0.6 is 0 Å². The van der Waals surface area contributed by atoms with E-state index in [9.17, 15) is 5.11 Å². The highest BCUT2D eigenvalue weighted by atomic mass is 16.3. The maximum absolute atomic E-state index is 9.21. The quantitative estimate of drug-likeness (QED) is 0.800. The molecule has 3 heterocycles. The van der Waals surface area contributed by atoms with Crippen molar-refractivity contribution >= 4 is 0 Å². The van der Waals surface area contributed by atoms with Crippen molar-refractivity contribution < 1.29 is 5.11 Å². The number of likely N-dealkylation sites (tertiary alicyclic amines) is 1. The molecule has 2 unspecified atom stereocenters. The molecule has 2 atom stereocenters. The predicted molar refractivity (Wildman–Crippen MR) is 63.8 cm³/mol. The van der Waals surface area contributed by atoms with Crippen molar-refractivity contribution in [2.45, 2.75) is 31.7 Å². The molecule has 0 radical (unpaired) electrons. The molecule has 17 heavy (non-hydrogen) atoms. The summed E-state index contributed by atoms with van der Waals surface area (Å²) in [6.07, 6.45) is 3.08. The maximum Gasteiger partial charge on any atom is 0.155 e. The molecule has 1 N–H and O–H groups in total. The smallest absolute Gasteiger partial charge is 0.155 e. The third-order valence-electron chi connectivity index (χ3n) is 4.00. The van der Waals surface area contributed by atoms with Gasteiger partial charge in [0, 0.05) is 32.0 Å². The van der Waals surface area contributed by atoms with E-state index in [4.69, 9.17) is 0 Å². The molecule has 2 aliphatic rings. The number of aryl methyl sites for hydroxylation is 1. The van der Waals surface area contributed by atoms with Gasteiger partial charge >= 0.3 is 0 Å². The fraction of sp³-hybridized carbons (Fsp3) is 0.833. The monoisotopic (exact) mass is 236 g/mol. The molecule has 0 spiro atoms. The van der Waals surface area contributed by atoms with Crippen LogP contribution in [0.2, 0.25) is 0 Å². The Morgan fingerprint density at radius 2 is 2.24 bits per heavy atom. The maximum atomic E-state index is 9.21. The van der Waals surface area contributed by atoms with Gasteiger partial charge in [-0.15, -0.1) is 0 Å². The molecule has 1 fully saturated rings. The molecule has 3 rings (SSSR count). The highest BCUT2D eigenvalue weighted by molar-refractivity contribution is 5.05. The van der Waals surface area contributed by atoms with Gasteiger partial charge < -0.3 is 10.0 Å². The van der Waals surface area contributed by atoms with Crippen molar-refractivity contribution in [3.63, 3.8) is 0 Å². The number of aromatic nitrogens is 3. The van der Waals surface area contributed by atoms with Crippen molar-refractivity contribution in [3.8, 4) is 0 Å². The van der Waals surface area contributed by atoms with Gasteiger partial charge in [0.2, 0.25) is 0 Å². The zero-order valence-electron chi connectivity index (χ0n) is 10.3. The van der Waals surface area contributed by atoms with Gasteiger partial charge in [-0.25, -0.2) is 9.67 Å². The number of hydrogen-bond acceptors (Lipinski definition) is 4. The van der Waals surface area contributed by atoms with Gasteiger partial charge in [-0.2, -0.15) is 5.10 Å². The molecule has 5 heteroatoms. The lowest BCUT2D eigenvalue weighted by Gasteiger charge is -2.19. The van der Waals surface area contributed by atoms with Gasteiger partial charge in [-0.1, -0.05) is 0 Å². The Labute approximate surface area is 101 Å². The topological polar surface area (TPSA) is 54.2 Å². The fourth-order valence-electron chi connectivity index (χ4n) is 2.86. The number of fused-ring (bicyclic) bond motifs is 1. The van der Waals surface area contributed by atoms with E-state index in [0.717, 1.165) is 44.1 Å². The van der Waals surface area contributed by atoms with Crippen LogP contribution in [0.1, 0.15) is 30.4 Å². The van der Waals surface area contributed by atoms with E-state index in [0.29, 0.717) is 11.8 Å². The van der Waals surface area contributed by atoms with Gasteiger partial charge in [0.1, 0.15) is 5.82 Å². The molecular weight excluding hydrogens is 216 g/mol. The van der Waals surface area contributed by atoms with E-state index < -0.39 is 0 Å². The van der Waals surface area contributed by atoms with Crippen LogP contribution in [0.3, 0.4) is 0 Å². The number of nitrogens with zero attached hydrogens (tertiary/aromatic N) is 4. The Morgan fingerprint density at radius 1 is 1.35 bits per heavy atom. The Bertz CT molecular complexity index is 403. The van der Waals surface area contributed by atoms with Gasteiger partial charge in [-0.05, 0) is 32.4 Å². The molecular formula is C12H20N4O. The highest BCUT2D eigenvalue weighted by Gasteiger charge is 2.28. The summed E-state index contributed by atoms with van der Waals surface area (Å²) in [6, 6.07) is 0. The van der Waals surface area contributed by atoms with Crippen LogP contribution in [0.15, 0.2) is 0 Å². The van der Waals surface area contributed by atoms with Gasteiger partial charge in [0.05, 0.1) is 0 Å². The summed E-state index contributed by atoms with van der Waals surface area (Å²) in [5, 5.41) is 13.8. The second kappa shape index (κ2) is 4.38. The second-order valence-corrected chi connectivity index (χ2v) is 5.40. The average molecular weight is 236 g/mol. The molecule has 2 aliphatic heterocycles. The van der Waals surface area contributed by atoms with Crippen molar-refractivity contribution in [2.24, 2.45) is 5.92 Å². The predicted octanol–water partition coefficient (Wildman–Crippen LogP) is 0.252. The zero-order chi connectivity index (χ0) is 11.8. The van der Waals surface area contributed by atoms with Crippen LogP contribution in [0, 0.1) is 5.92 Å². The van der Waals surface area contributed by atoms with E-state index in [1.54, 1.807) is 0 Å². The van der Waals surface area contributed by atoms with E-state index in [1.807, 2.05) is 4.68 Å². The van der Waals surface area contributed by atoms with Gasteiger partial charge in [-0.3, -0.25) is 0 Å². The first-order valence-corrected chi connectivity index (χ1v) is 6.49. The molecule has 0 aromatic carbocycles. The molecule has 1 aromatic rings. The highest BCUT2D eigenvalue weighted by Crippen LogP contribution is 2.26. The first-order valence-electron chi connectivity index (χ1n) is 6.49. The van der Waals surface area contributed by atoms with Crippen LogP contribution in [0.4, 0.5) is 0 Å². The number of rotatable bonds is 2. The molecule has 1 saturated heterocycles. The lowest BCUT2D eigenvalue weighted by Crippen LogP contribution is -2.22. The summed E-state index contributed by atoms with van der Waals surface area (Å²) in [7, 11) is 2.15. The largest absolute Gasteiger partial charge is 0.396 e. The van der Waals surface area contributed by atoms with Crippen LogP contribution in [0.5, 0.6) is 0 Å². The summed E-state index contributed by atoms with van der Waals surface area (Å²) >= 11 is 0. The van der Waals surface area contributed by atoms with Crippen LogP contribution in [0.25, 0.3) is 0 Å². The molecule has 0 amide bonds. The van der Waals surface area contributed by atoms with Gasteiger partial charge in [0.15, 0.2) is 5.82 Å². The SMILES string of the molecule is CN1CCC(c2nc3n(n2)CCC(CO)C3)C1. The number of hydrogen-bond donors (Lipinski definition) is 1. The van der Waals surface area contributed by atoms with Crippen LogP contribution < -0.4 is 0 Å². The molecule has 0 aliphatic carbocycles. The number of aliphatic hydroxyl groups is 1. The van der Waals surface area contributed by atoms with E-state index in [1.165, 1.54) is 6.42 Å². The lowest BCUT2D eigenvalue weighted by molar-refractivity contribution is 0.196. The Kier molecular flexibility index (Phi) is 2.88. The first-order chi connectivity index (χ1) is 8.26. The third-order valence-corrected chi connectivity index (χ3v) is 4.00. The van der Waals surface area contributed by atoms with E-state index in [2.05, 4.69) is 22.0 Å². The van der Waals surface area contributed by atoms with Crippen LogP contribution in [-0.2, 0) is 13.0 Å². The second-order valence-electron chi connectivity index (χ2n) is 5.40. The lowest BCUT2D eigenvalue weighted by atomic mass is 9.99. The standard InChI is InChI=1S/C12H20N4O/c1-15-4-3-10(7-15)12-13-11-6-9(8-17)2-5-16(11)14-12/h9-10,17H,2-8H2,1H3. The summed E-state index contributed by atoms with van der Waals surface area (Å²) in [5.41, 5.74) is 0. The van der Waals surface area contributed by atoms with E-state index >= 15 is 0 Å². The van der Waals surface area contributed by atoms with Crippen molar-refractivity contribution in [1.29, 1.82) is 0 Å². The summed E-state index contributed by atoms with van der Waals surface area (Å²) in [4.78, 5) is 7.01. The minimum Gasteiger partial charge on any atom is -0.396 e. The molecule has 0 saturated carbocycles. The number of aliphatic hydroxyl groups excluding tert-OH is 1. The van der Waals surface area contributed by atoms with Crippen molar-refractivity contribution in [1.82, 2.24) is 19.7 Å². The Balaban J connectivity index is 1.78. The molecule has 1 aromatic heterocycles. The number of likely N-dealkylation sites (N-methyl/N-ethyl adjacent to an activating group) is 1. The minimum absolute atomic E-state index is 0.272. The van der Waals surface area contributed by atoms with Crippen molar-refractivity contribution in [2.75, 3.05) is 26.7 Å². The molecule has 94 valence electrons. The normalized spacial score (nSPS) is 29.5. The molecule has 5 nitrogen and oxygen atoms in total. The summed E-state index contributed by atoms with van der Waals surface area (Å²) in [5.74, 6) is 2.97. The van der Waals surface area contributed by atoms with Gasteiger partial charge in [0.25, 0.3) is 0 Å². The molecule has 0 bridgehead atoms. The Hall–Kier alpha value is -0.940. The minimum atomic E-state index is 0.272. The Morgan fingerprint density at radius 3 is 2.94 bits per heavy atom. The third kappa shape index (κ3) is 2.09. The van der Waals surface area contributed by atoms with Crippen molar-refractivity contribution in [3.05, 3.63) is 11.6 Å². The average Bonchev–Trinajstić information content (AvgIpc) is 2.93. The van der Waals surface area contributed by atoms with E-state index in [-0.39, 0.29) is 6.61 Å². The fourth-order valence-corrected chi connectivity index (χ4v) is 2.86. The summed E-state index contributed by atoms with van der Waals surface area (Å²) in [6.45, 7) is 3.41. The zero-order valence-corrected chi connectivity index (χ0v) is 10.3. The van der Waals surface area contributed by atoms with Crippen LogP contribution in [-0.4, -0.2) is 51.5 Å². The summed E-state index contributed by atoms with van der Waals surface area (Å²) < 4.78 is 2.04.